The lowest BCUT2D eigenvalue weighted by atomic mass is 10.1. The topological polar surface area (TPSA) is 118 Å². The van der Waals surface area contributed by atoms with Crippen molar-refractivity contribution in [3.05, 3.63) is 149 Å². The van der Waals surface area contributed by atoms with Crippen LogP contribution >= 0.6 is 11.3 Å². The molecule has 49 heavy (non-hydrogen) atoms. The van der Waals surface area contributed by atoms with Gasteiger partial charge in [-0.25, -0.2) is 9.78 Å². The molecule has 0 spiro atoms. The van der Waals surface area contributed by atoms with Gasteiger partial charge in [0.05, 0.1) is 18.5 Å². The molecule has 1 heterocycles. The number of hydrogen-bond donors (Lipinski definition) is 2. The maximum Gasteiger partial charge on any atom is 0.341 e. The number of hydrogen-bond acceptors (Lipinski definition) is 7. The average molecular weight is 676 g/mol. The maximum atomic E-state index is 13.3. The zero-order valence-corrected chi connectivity index (χ0v) is 27.7. The molecule has 0 fully saturated rings. The first-order valence-corrected chi connectivity index (χ1v) is 16.8. The molecule has 0 unspecified atom stereocenters. The van der Waals surface area contributed by atoms with E-state index < -0.39 is 12.6 Å². The van der Waals surface area contributed by atoms with Crippen LogP contribution in [0.15, 0.2) is 127 Å². The van der Waals surface area contributed by atoms with Gasteiger partial charge in [0, 0.05) is 35.7 Å². The number of carboxylic acids is 1. The molecule has 250 valence electrons. The van der Waals surface area contributed by atoms with Gasteiger partial charge in [0.15, 0.2) is 6.61 Å². The summed E-state index contributed by atoms with van der Waals surface area (Å²) in [7, 11) is 0. The summed E-state index contributed by atoms with van der Waals surface area (Å²) in [5.41, 5.74) is 4.31. The highest BCUT2D eigenvalue weighted by atomic mass is 32.1. The van der Waals surface area contributed by atoms with E-state index in [0.29, 0.717) is 29.3 Å². The largest absolute Gasteiger partial charge is 0.482 e. The van der Waals surface area contributed by atoms with Crippen molar-refractivity contribution in [2.45, 2.75) is 32.4 Å². The number of nitrogens with one attached hydrogen (secondary N) is 1. The van der Waals surface area contributed by atoms with E-state index in [-0.39, 0.29) is 24.9 Å². The van der Waals surface area contributed by atoms with Crippen LogP contribution in [0.3, 0.4) is 0 Å². The van der Waals surface area contributed by atoms with Crippen LogP contribution in [0.2, 0.25) is 0 Å². The van der Waals surface area contributed by atoms with Crippen molar-refractivity contribution < 1.29 is 29.0 Å². The van der Waals surface area contributed by atoms with Crippen molar-refractivity contribution in [2.75, 3.05) is 13.2 Å². The normalized spacial score (nSPS) is 10.9. The van der Waals surface area contributed by atoms with Crippen LogP contribution in [0.5, 0.6) is 11.5 Å². The third-order valence-electron chi connectivity index (χ3n) is 7.45. The molecule has 0 saturated heterocycles. The zero-order chi connectivity index (χ0) is 34.3. The predicted octanol–water partition coefficient (Wildman–Crippen LogP) is 7.15. The number of para-hydroxylation sites is 1. The van der Waals surface area contributed by atoms with Crippen molar-refractivity contribution >= 4 is 29.1 Å². The van der Waals surface area contributed by atoms with Gasteiger partial charge in [-0.15, -0.1) is 11.3 Å². The highest BCUT2D eigenvalue weighted by Crippen LogP contribution is 2.25. The summed E-state index contributed by atoms with van der Waals surface area (Å²) in [5, 5.41) is 14.6. The Morgan fingerprint density at radius 1 is 0.796 bits per heavy atom. The van der Waals surface area contributed by atoms with Gasteiger partial charge in [-0.1, -0.05) is 72.8 Å². The van der Waals surface area contributed by atoms with Crippen molar-refractivity contribution in [1.29, 1.82) is 0 Å². The monoisotopic (exact) mass is 675 g/mol. The Hall–Kier alpha value is -5.74. The summed E-state index contributed by atoms with van der Waals surface area (Å²) in [4.78, 5) is 43.3. The maximum absolute atomic E-state index is 13.3. The molecule has 9 nitrogen and oxygen atoms in total. The number of aromatic nitrogens is 1. The van der Waals surface area contributed by atoms with Crippen molar-refractivity contribution in [3.8, 4) is 22.1 Å². The SMILES string of the molecule is O=C(O)COc1ccc(CN(Cc2csc(-c3ccc(C(=O)NCCCCc4ccccc4)cc3)n2)C(=O)/C=C/Oc2ccccc2)cc1. The molecule has 4 aromatic carbocycles. The van der Waals surface area contributed by atoms with Gasteiger partial charge < -0.3 is 24.8 Å². The molecule has 5 rings (SSSR count). The molecule has 5 aromatic rings. The lowest BCUT2D eigenvalue weighted by Crippen LogP contribution is -2.28. The van der Waals surface area contributed by atoms with Crippen LogP contribution in [0.25, 0.3) is 10.6 Å². The van der Waals surface area contributed by atoms with E-state index >= 15 is 0 Å². The number of carbonyl (C=O) groups is 3. The van der Waals surface area contributed by atoms with E-state index in [1.807, 2.05) is 53.9 Å². The lowest BCUT2D eigenvalue weighted by Gasteiger charge is -2.20. The minimum atomic E-state index is -1.06. The van der Waals surface area contributed by atoms with E-state index in [1.165, 1.54) is 29.2 Å². The Balaban J connectivity index is 1.19. The van der Waals surface area contributed by atoms with Gasteiger partial charge in [0.2, 0.25) is 5.91 Å². The number of nitrogens with zero attached hydrogens (tertiary/aromatic N) is 2. The molecule has 0 bridgehead atoms. The number of benzene rings is 4. The van der Waals surface area contributed by atoms with Gasteiger partial charge in [-0.2, -0.15) is 0 Å². The molecule has 10 heteroatoms. The highest BCUT2D eigenvalue weighted by Gasteiger charge is 2.16. The smallest absolute Gasteiger partial charge is 0.341 e. The van der Waals surface area contributed by atoms with Crippen LogP contribution in [0.4, 0.5) is 0 Å². The summed E-state index contributed by atoms with van der Waals surface area (Å²) in [6.07, 6.45) is 5.64. The first-order chi connectivity index (χ1) is 23.9. The number of aryl methyl sites for hydroxylation is 1. The summed E-state index contributed by atoms with van der Waals surface area (Å²) in [6, 6.07) is 33.8. The summed E-state index contributed by atoms with van der Waals surface area (Å²) in [6.45, 7) is 0.701. The molecule has 0 aliphatic heterocycles. The zero-order valence-electron chi connectivity index (χ0n) is 26.9. The number of carbonyl (C=O) groups excluding carboxylic acids is 2. The van der Waals surface area contributed by atoms with Crippen molar-refractivity contribution in [2.24, 2.45) is 0 Å². The van der Waals surface area contributed by atoms with E-state index in [2.05, 4.69) is 17.4 Å². The molecule has 1 aromatic heterocycles. The van der Waals surface area contributed by atoms with Crippen molar-refractivity contribution in [3.63, 3.8) is 0 Å². The number of ether oxygens (including phenoxy) is 2. The standard InChI is InChI=1S/C39H37N3O6S/c43-36(22-24-47-34-12-5-2-6-13-34)42(25-30-14-20-35(21-15-30)48-27-37(44)45)26-33-28-49-39(41-33)32-18-16-31(17-19-32)38(46)40-23-8-7-11-29-9-3-1-4-10-29/h1-6,9-10,12-22,24,28H,7-8,11,23,25-27H2,(H,40,46)(H,44,45)/b24-22+. The molecular formula is C39H37N3O6S. The van der Waals surface area contributed by atoms with Gasteiger partial charge in [0.1, 0.15) is 16.5 Å². The highest BCUT2D eigenvalue weighted by molar-refractivity contribution is 7.13. The fourth-order valence-electron chi connectivity index (χ4n) is 4.92. The minimum absolute atomic E-state index is 0.106. The van der Waals surface area contributed by atoms with E-state index in [4.69, 9.17) is 19.6 Å². The molecule has 2 amide bonds. The Morgan fingerprint density at radius 2 is 1.51 bits per heavy atom. The van der Waals surface area contributed by atoms with Crippen LogP contribution < -0.4 is 14.8 Å². The molecule has 0 aliphatic carbocycles. The number of amides is 2. The fraction of sp³-hybridized carbons (Fsp3) is 0.179. The third-order valence-corrected chi connectivity index (χ3v) is 8.39. The first-order valence-electron chi connectivity index (χ1n) is 15.9. The Bertz CT molecular complexity index is 1820. The minimum Gasteiger partial charge on any atom is -0.482 e. The second kappa shape index (κ2) is 18.0. The number of carboxylic acid groups (broad SMARTS) is 1. The number of rotatable bonds is 17. The Kier molecular flexibility index (Phi) is 12.7. The number of aliphatic carboxylic acids is 1. The Morgan fingerprint density at radius 3 is 2.22 bits per heavy atom. The molecule has 2 N–H and O–H groups in total. The van der Waals surface area contributed by atoms with Gasteiger partial charge in [0.25, 0.3) is 5.91 Å². The molecule has 0 radical (unpaired) electrons. The molecule has 0 atom stereocenters. The van der Waals surface area contributed by atoms with Gasteiger partial charge >= 0.3 is 5.97 Å². The second-order valence-corrected chi connectivity index (χ2v) is 12.0. The molecule has 0 aliphatic rings. The third kappa shape index (κ3) is 11.2. The fourth-order valence-corrected chi connectivity index (χ4v) is 5.74. The first kappa shape index (κ1) is 34.6. The van der Waals surface area contributed by atoms with E-state index in [9.17, 15) is 14.4 Å². The Labute approximate surface area is 289 Å². The molecule has 0 saturated carbocycles. The summed E-state index contributed by atoms with van der Waals surface area (Å²) >= 11 is 1.46. The predicted molar refractivity (Wildman–Crippen MR) is 189 cm³/mol. The van der Waals surface area contributed by atoms with Crippen molar-refractivity contribution in [1.82, 2.24) is 15.2 Å². The van der Waals surface area contributed by atoms with Crippen LogP contribution in [0, 0.1) is 0 Å². The number of unbranched alkanes of at least 4 members (excludes halogenated alkanes) is 1. The quantitative estimate of drug-likeness (QED) is 0.0611. The van der Waals surface area contributed by atoms with Gasteiger partial charge in [-0.05, 0) is 66.8 Å². The van der Waals surface area contributed by atoms with E-state index in [0.717, 1.165) is 35.4 Å². The second-order valence-electron chi connectivity index (χ2n) is 11.2. The average Bonchev–Trinajstić information content (AvgIpc) is 3.60. The summed E-state index contributed by atoms with van der Waals surface area (Å²) < 4.78 is 10.8. The van der Waals surface area contributed by atoms with Crippen LogP contribution in [-0.2, 0) is 29.1 Å². The molecular weight excluding hydrogens is 639 g/mol. The van der Waals surface area contributed by atoms with Gasteiger partial charge in [-0.3, -0.25) is 9.59 Å². The van der Waals surface area contributed by atoms with E-state index in [1.54, 1.807) is 53.4 Å². The summed E-state index contributed by atoms with van der Waals surface area (Å²) in [5.74, 6) is -0.401. The van der Waals surface area contributed by atoms with Crippen LogP contribution in [0.1, 0.15) is 40.0 Å². The number of thiazole rings is 1. The lowest BCUT2D eigenvalue weighted by molar-refractivity contribution is -0.139. The van der Waals surface area contributed by atoms with Crippen LogP contribution in [-0.4, -0.2) is 45.9 Å².